The Morgan fingerprint density at radius 3 is 2.62 bits per heavy atom. The number of nitrogens with zero attached hydrogens (tertiary/aromatic N) is 4. The Bertz CT molecular complexity index is 1490. The third kappa shape index (κ3) is 5.10. The van der Waals surface area contributed by atoms with E-state index in [0.29, 0.717) is 11.1 Å². The molecule has 2 N–H and O–H groups in total. The number of aliphatic hydroxyl groups excluding tert-OH is 1. The SMILES string of the molecule is Cc1ncsc1-c1ccc(CNC(=O)[C@@H]2C[C@@H](O)CN2C(=O)[C@H](C(C)C)N2Cc3cccc(C#N)c3C2=O)cc1. The van der Waals surface area contributed by atoms with Gasteiger partial charge >= 0.3 is 0 Å². The molecule has 1 fully saturated rings. The molecule has 0 spiro atoms. The van der Waals surface area contributed by atoms with Crippen molar-refractivity contribution in [3.05, 3.63) is 75.9 Å². The Hall–Kier alpha value is -4.07. The van der Waals surface area contributed by atoms with Gasteiger partial charge in [0, 0.05) is 26.1 Å². The van der Waals surface area contributed by atoms with Crippen LogP contribution in [-0.2, 0) is 22.7 Å². The van der Waals surface area contributed by atoms with Crippen LogP contribution in [0.2, 0.25) is 0 Å². The molecule has 1 aromatic heterocycles. The number of thiazole rings is 1. The maximum atomic E-state index is 13.9. The van der Waals surface area contributed by atoms with Gasteiger partial charge in [0.1, 0.15) is 12.1 Å². The number of benzene rings is 2. The second-order valence-electron chi connectivity index (χ2n) is 10.7. The summed E-state index contributed by atoms with van der Waals surface area (Å²) in [4.78, 5) is 48.8. The number of nitrogens with one attached hydrogen (secondary N) is 1. The summed E-state index contributed by atoms with van der Waals surface area (Å²) in [5.74, 6) is -1.34. The van der Waals surface area contributed by atoms with Gasteiger partial charge < -0.3 is 20.2 Å². The van der Waals surface area contributed by atoms with E-state index < -0.39 is 18.2 Å². The number of nitriles is 1. The van der Waals surface area contributed by atoms with Gasteiger partial charge in [-0.2, -0.15) is 5.26 Å². The zero-order chi connectivity index (χ0) is 28.6. The van der Waals surface area contributed by atoms with E-state index in [1.165, 1.54) is 9.80 Å². The first kappa shape index (κ1) is 27.5. The lowest BCUT2D eigenvalue weighted by molar-refractivity contribution is -0.143. The number of carbonyl (C=O) groups excluding carboxylic acids is 3. The molecule has 2 aromatic carbocycles. The number of aromatic nitrogens is 1. The first-order valence-corrected chi connectivity index (χ1v) is 14.2. The van der Waals surface area contributed by atoms with Crippen molar-refractivity contribution in [2.75, 3.05) is 6.54 Å². The predicted octanol–water partition coefficient (Wildman–Crippen LogP) is 3.25. The highest BCUT2D eigenvalue weighted by Gasteiger charge is 2.46. The van der Waals surface area contributed by atoms with Crippen molar-refractivity contribution >= 4 is 29.1 Å². The molecule has 0 radical (unpaired) electrons. The van der Waals surface area contributed by atoms with Crippen LogP contribution >= 0.6 is 11.3 Å². The van der Waals surface area contributed by atoms with Gasteiger partial charge in [-0.05, 0) is 35.6 Å². The molecule has 2 aliphatic rings. The van der Waals surface area contributed by atoms with Gasteiger partial charge in [0.2, 0.25) is 11.8 Å². The summed E-state index contributed by atoms with van der Waals surface area (Å²) in [6, 6.07) is 13.4. The zero-order valence-electron chi connectivity index (χ0n) is 22.6. The number of hydrogen-bond acceptors (Lipinski definition) is 7. The highest BCUT2D eigenvalue weighted by Crippen LogP contribution is 2.32. The minimum Gasteiger partial charge on any atom is -0.391 e. The average molecular weight is 558 g/mol. The van der Waals surface area contributed by atoms with Crippen molar-refractivity contribution in [1.82, 2.24) is 20.1 Å². The Morgan fingerprint density at radius 1 is 1.23 bits per heavy atom. The van der Waals surface area contributed by atoms with Crippen LogP contribution in [0.25, 0.3) is 10.4 Å². The van der Waals surface area contributed by atoms with Crippen LogP contribution in [0.1, 0.15) is 53.0 Å². The van der Waals surface area contributed by atoms with Crippen LogP contribution in [-0.4, -0.2) is 62.3 Å². The van der Waals surface area contributed by atoms with Crippen LogP contribution in [0.4, 0.5) is 0 Å². The number of carbonyl (C=O) groups is 3. The predicted molar refractivity (Wildman–Crippen MR) is 150 cm³/mol. The third-order valence-electron chi connectivity index (χ3n) is 7.60. The van der Waals surface area contributed by atoms with E-state index in [4.69, 9.17) is 0 Å². The molecular weight excluding hydrogens is 526 g/mol. The van der Waals surface area contributed by atoms with Crippen molar-refractivity contribution in [3.8, 4) is 16.5 Å². The Morgan fingerprint density at radius 2 is 1.98 bits per heavy atom. The van der Waals surface area contributed by atoms with E-state index in [-0.39, 0.29) is 55.3 Å². The highest BCUT2D eigenvalue weighted by atomic mass is 32.1. The fourth-order valence-electron chi connectivity index (χ4n) is 5.62. The van der Waals surface area contributed by atoms with Gasteiger partial charge in [-0.25, -0.2) is 4.98 Å². The number of hydrogen-bond donors (Lipinski definition) is 2. The summed E-state index contributed by atoms with van der Waals surface area (Å²) in [5.41, 5.74) is 6.07. The first-order chi connectivity index (χ1) is 19.2. The summed E-state index contributed by atoms with van der Waals surface area (Å²) in [6.07, 6.45) is -0.718. The van der Waals surface area contributed by atoms with Crippen molar-refractivity contribution in [2.24, 2.45) is 5.92 Å². The van der Waals surface area contributed by atoms with Crippen molar-refractivity contribution < 1.29 is 19.5 Å². The Balaban J connectivity index is 1.29. The first-order valence-electron chi connectivity index (χ1n) is 13.3. The minimum absolute atomic E-state index is 0.0153. The number of β-amino-alcohol motifs (C(OH)–C–C–N with tert-alkyl or cyclic N) is 1. The second-order valence-corrected chi connectivity index (χ2v) is 11.5. The van der Waals surface area contributed by atoms with Crippen LogP contribution in [0.3, 0.4) is 0 Å². The van der Waals surface area contributed by atoms with Crippen LogP contribution in [0, 0.1) is 24.2 Å². The largest absolute Gasteiger partial charge is 0.391 e. The molecule has 3 amide bonds. The van der Waals surface area contributed by atoms with Crippen LogP contribution < -0.4 is 5.32 Å². The van der Waals surface area contributed by atoms with Gasteiger partial charge in [-0.3, -0.25) is 14.4 Å². The lowest BCUT2D eigenvalue weighted by Gasteiger charge is -2.35. The van der Waals surface area contributed by atoms with Crippen LogP contribution in [0.15, 0.2) is 48.0 Å². The average Bonchev–Trinajstić information content (AvgIpc) is 3.64. The smallest absolute Gasteiger partial charge is 0.256 e. The quantitative estimate of drug-likeness (QED) is 0.459. The third-order valence-corrected chi connectivity index (χ3v) is 8.58. The van der Waals surface area contributed by atoms with E-state index in [9.17, 15) is 24.8 Å². The maximum absolute atomic E-state index is 13.9. The molecule has 0 unspecified atom stereocenters. The summed E-state index contributed by atoms with van der Waals surface area (Å²) in [7, 11) is 0. The normalized spacial score (nSPS) is 19.1. The molecule has 3 atom stereocenters. The van der Waals surface area contributed by atoms with Gasteiger partial charge in [-0.15, -0.1) is 11.3 Å². The van der Waals surface area contributed by atoms with E-state index in [0.717, 1.165) is 21.7 Å². The number of aliphatic hydroxyl groups is 1. The minimum atomic E-state index is -0.849. The standard InChI is InChI=1S/C30H31N5O4S/c1-17(2)26(35-14-22-6-4-5-21(12-31)25(22)29(35)38)30(39)34-15-23(36)11-24(34)28(37)32-13-19-7-9-20(10-8-19)27-18(3)33-16-40-27/h4-10,16-17,23-24,26,36H,11,13-15H2,1-3H3,(H,32,37)/t23-,24+,26+/m1/s1. The number of amides is 3. The molecule has 9 nitrogen and oxygen atoms in total. The summed E-state index contributed by atoms with van der Waals surface area (Å²) < 4.78 is 0. The van der Waals surface area contributed by atoms with Crippen molar-refractivity contribution in [1.29, 1.82) is 5.26 Å². The van der Waals surface area contributed by atoms with E-state index >= 15 is 0 Å². The fourth-order valence-corrected chi connectivity index (χ4v) is 6.43. The zero-order valence-corrected chi connectivity index (χ0v) is 23.4. The highest BCUT2D eigenvalue weighted by molar-refractivity contribution is 7.13. The molecule has 3 aromatic rings. The van der Waals surface area contributed by atoms with E-state index in [1.54, 1.807) is 29.5 Å². The molecule has 40 heavy (non-hydrogen) atoms. The number of likely N-dealkylation sites (tertiary alicyclic amines) is 1. The summed E-state index contributed by atoms with van der Waals surface area (Å²) in [6.45, 7) is 6.17. The lowest BCUT2D eigenvalue weighted by Crippen LogP contribution is -2.55. The second kappa shape index (κ2) is 11.2. The van der Waals surface area contributed by atoms with Gasteiger partial charge in [0.25, 0.3) is 5.91 Å². The number of rotatable bonds is 7. The molecule has 0 aliphatic carbocycles. The van der Waals surface area contributed by atoms with E-state index in [1.807, 2.05) is 50.5 Å². The fraction of sp³-hybridized carbons (Fsp3) is 0.367. The molecule has 10 heteroatoms. The Kier molecular flexibility index (Phi) is 7.70. The lowest BCUT2D eigenvalue weighted by atomic mass is 10.00. The number of fused-ring (bicyclic) bond motifs is 1. The molecule has 0 bridgehead atoms. The van der Waals surface area contributed by atoms with Crippen molar-refractivity contribution in [3.63, 3.8) is 0 Å². The van der Waals surface area contributed by atoms with Gasteiger partial charge in [0.05, 0.1) is 39.4 Å². The molecule has 206 valence electrons. The maximum Gasteiger partial charge on any atom is 0.256 e. The monoisotopic (exact) mass is 557 g/mol. The molecule has 3 heterocycles. The van der Waals surface area contributed by atoms with Gasteiger partial charge in [0.15, 0.2) is 0 Å². The topological polar surface area (TPSA) is 127 Å². The molecule has 2 aliphatic heterocycles. The van der Waals surface area contributed by atoms with Crippen LogP contribution in [0.5, 0.6) is 0 Å². The number of aryl methyl sites for hydroxylation is 1. The van der Waals surface area contributed by atoms with Gasteiger partial charge in [-0.1, -0.05) is 50.2 Å². The Labute approximate surface area is 237 Å². The summed E-state index contributed by atoms with van der Waals surface area (Å²) in [5, 5.41) is 22.9. The molecule has 0 saturated carbocycles. The summed E-state index contributed by atoms with van der Waals surface area (Å²) >= 11 is 1.58. The van der Waals surface area contributed by atoms with E-state index in [2.05, 4.69) is 16.4 Å². The van der Waals surface area contributed by atoms with Crippen molar-refractivity contribution in [2.45, 2.75) is 58.5 Å². The molecule has 5 rings (SSSR count). The molecular formula is C30H31N5O4S. The molecule has 1 saturated heterocycles.